The van der Waals surface area contributed by atoms with Gasteiger partial charge in [0, 0.05) is 50.1 Å². The summed E-state index contributed by atoms with van der Waals surface area (Å²) in [6.07, 6.45) is 2.84. The zero-order chi connectivity index (χ0) is 24.8. The lowest BCUT2D eigenvalue weighted by Crippen LogP contribution is -2.14. The lowest BCUT2D eigenvalue weighted by Gasteiger charge is -2.13. The van der Waals surface area contributed by atoms with Crippen LogP contribution in [-0.2, 0) is 6.54 Å². The number of carbonyl (C=O) groups excluding carboxylic acids is 1. The van der Waals surface area contributed by atoms with E-state index in [9.17, 15) is 14.9 Å². The molecule has 0 aliphatic rings. The van der Waals surface area contributed by atoms with E-state index >= 15 is 0 Å². The molecule has 0 amide bonds. The van der Waals surface area contributed by atoms with E-state index in [0.29, 0.717) is 23.9 Å². The van der Waals surface area contributed by atoms with Crippen molar-refractivity contribution in [3.8, 4) is 11.4 Å². The van der Waals surface area contributed by atoms with Gasteiger partial charge in [0.05, 0.1) is 4.92 Å². The van der Waals surface area contributed by atoms with Crippen molar-refractivity contribution in [2.45, 2.75) is 6.54 Å². The van der Waals surface area contributed by atoms with Crippen molar-refractivity contribution in [1.82, 2.24) is 14.8 Å². The second-order valence-corrected chi connectivity index (χ2v) is 7.97. The SMILES string of the molecule is CN(C)c1ccc(CNc2nc(-c3ccccc3)nn2C(=O)C=Cc2cccc([N+](=O)[O-])c2)cc1. The molecule has 176 valence electrons. The molecule has 0 aliphatic carbocycles. The first-order chi connectivity index (χ1) is 16.9. The van der Waals surface area contributed by atoms with Crippen molar-refractivity contribution in [2.24, 2.45) is 0 Å². The number of nitro groups is 1. The molecule has 4 aromatic rings. The summed E-state index contributed by atoms with van der Waals surface area (Å²) in [7, 11) is 3.96. The Hall–Kier alpha value is -4.79. The fraction of sp³-hybridized carbons (Fsp3) is 0.115. The van der Waals surface area contributed by atoms with E-state index < -0.39 is 10.8 Å². The number of aromatic nitrogens is 3. The summed E-state index contributed by atoms with van der Waals surface area (Å²) in [5.74, 6) is 0.277. The van der Waals surface area contributed by atoms with Crippen LogP contribution in [0, 0.1) is 10.1 Å². The molecule has 35 heavy (non-hydrogen) atoms. The fourth-order valence-corrected chi connectivity index (χ4v) is 3.36. The molecule has 9 heteroatoms. The van der Waals surface area contributed by atoms with Crippen LogP contribution in [0.2, 0.25) is 0 Å². The molecule has 0 radical (unpaired) electrons. The number of nitrogens with zero attached hydrogens (tertiary/aromatic N) is 5. The highest BCUT2D eigenvalue weighted by Crippen LogP contribution is 2.20. The van der Waals surface area contributed by atoms with Crippen molar-refractivity contribution in [1.29, 1.82) is 0 Å². The van der Waals surface area contributed by atoms with E-state index in [1.165, 1.54) is 29.0 Å². The summed E-state index contributed by atoms with van der Waals surface area (Å²) < 4.78 is 1.20. The maximum Gasteiger partial charge on any atom is 0.274 e. The van der Waals surface area contributed by atoms with Crippen LogP contribution in [0.1, 0.15) is 15.9 Å². The van der Waals surface area contributed by atoms with Crippen LogP contribution in [-0.4, -0.2) is 39.7 Å². The quantitative estimate of drug-likeness (QED) is 0.223. The van der Waals surface area contributed by atoms with E-state index in [1.54, 1.807) is 12.1 Å². The Morgan fingerprint density at radius 3 is 2.49 bits per heavy atom. The Labute approximate surface area is 202 Å². The lowest BCUT2D eigenvalue weighted by atomic mass is 10.2. The number of carbonyl (C=O) groups is 1. The van der Waals surface area contributed by atoms with Gasteiger partial charge in [0.15, 0.2) is 5.82 Å². The minimum Gasteiger partial charge on any atom is -0.378 e. The summed E-state index contributed by atoms with van der Waals surface area (Å²) in [6.45, 7) is 0.447. The summed E-state index contributed by atoms with van der Waals surface area (Å²) in [4.78, 5) is 30.1. The van der Waals surface area contributed by atoms with Crippen molar-refractivity contribution in [2.75, 3.05) is 24.3 Å². The topological polar surface area (TPSA) is 106 Å². The van der Waals surface area contributed by atoms with Crippen LogP contribution in [0.15, 0.2) is 84.9 Å². The Bertz CT molecular complexity index is 1360. The zero-order valence-electron chi connectivity index (χ0n) is 19.3. The molecule has 0 fully saturated rings. The summed E-state index contributed by atoms with van der Waals surface area (Å²) in [6, 6.07) is 23.5. The van der Waals surface area contributed by atoms with Gasteiger partial charge in [0.2, 0.25) is 5.95 Å². The molecular weight excluding hydrogens is 444 g/mol. The van der Waals surface area contributed by atoms with Gasteiger partial charge in [-0.05, 0) is 29.3 Å². The number of hydrogen-bond acceptors (Lipinski definition) is 7. The Morgan fingerprint density at radius 2 is 1.80 bits per heavy atom. The number of hydrogen-bond donors (Lipinski definition) is 1. The highest BCUT2D eigenvalue weighted by molar-refractivity contribution is 5.95. The average Bonchev–Trinajstić information content (AvgIpc) is 3.31. The molecular formula is C26H24N6O3. The van der Waals surface area contributed by atoms with E-state index in [0.717, 1.165) is 16.8 Å². The van der Waals surface area contributed by atoms with E-state index in [2.05, 4.69) is 15.4 Å². The first-order valence-corrected chi connectivity index (χ1v) is 10.9. The molecule has 0 spiro atoms. The number of nitro benzene ring substituents is 1. The molecule has 0 bridgehead atoms. The molecule has 0 unspecified atom stereocenters. The molecule has 9 nitrogen and oxygen atoms in total. The van der Waals surface area contributed by atoms with Crippen LogP contribution in [0.25, 0.3) is 17.5 Å². The second kappa shape index (κ2) is 10.4. The number of anilines is 2. The number of non-ortho nitro benzene ring substituents is 1. The smallest absolute Gasteiger partial charge is 0.274 e. The van der Waals surface area contributed by atoms with Gasteiger partial charge in [-0.1, -0.05) is 54.6 Å². The van der Waals surface area contributed by atoms with Crippen LogP contribution in [0.3, 0.4) is 0 Å². The number of nitrogens with one attached hydrogen (secondary N) is 1. The lowest BCUT2D eigenvalue weighted by molar-refractivity contribution is -0.384. The maximum absolute atomic E-state index is 13.0. The van der Waals surface area contributed by atoms with Crippen LogP contribution < -0.4 is 10.2 Å². The van der Waals surface area contributed by atoms with Gasteiger partial charge in [-0.3, -0.25) is 14.9 Å². The van der Waals surface area contributed by atoms with E-state index in [-0.39, 0.29) is 5.69 Å². The summed E-state index contributed by atoms with van der Waals surface area (Å²) >= 11 is 0. The van der Waals surface area contributed by atoms with Crippen LogP contribution >= 0.6 is 0 Å². The molecule has 0 atom stereocenters. The van der Waals surface area contributed by atoms with Gasteiger partial charge in [0.25, 0.3) is 11.6 Å². The molecule has 0 saturated carbocycles. The standard InChI is InChI=1S/C26H24N6O3/c1-30(2)22-14-11-20(12-15-22)18-27-26-28-25(21-8-4-3-5-9-21)29-31(26)24(33)16-13-19-7-6-10-23(17-19)32(34)35/h3-17H,18H2,1-2H3,(H,27,28,29). The molecule has 3 aromatic carbocycles. The average molecular weight is 469 g/mol. The second-order valence-electron chi connectivity index (χ2n) is 7.97. The van der Waals surface area contributed by atoms with Crippen molar-refractivity contribution < 1.29 is 9.72 Å². The monoisotopic (exact) mass is 468 g/mol. The minimum absolute atomic E-state index is 0.0469. The molecule has 0 aliphatic heterocycles. The van der Waals surface area contributed by atoms with Crippen molar-refractivity contribution >= 4 is 29.3 Å². The Kier molecular flexibility index (Phi) is 6.96. The Morgan fingerprint density at radius 1 is 1.06 bits per heavy atom. The van der Waals surface area contributed by atoms with Crippen LogP contribution in [0.4, 0.5) is 17.3 Å². The van der Waals surface area contributed by atoms with Gasteiger partial charge in [0.1, 0.15) is 0 Å². The Balaban J connectivity index is 1.59. The third-order valence-electron chi connectivity index (χ3n) is 5.25. The molecule has 4 rings (SSSR count). The third-order valence-corrected chi connectivity index (χ3v) is 5.25. The summed E-state index contributed by atoms with van der Waals surface area (Å²) in [5, 5.41) is 18.6. The van der Waals surface area contributed by atoms with Gasteiger partial charge >= 0.3 is 0 Å². The highest BCUT2D eigenvalue weighted by atomic mass is 16.6. The van der Waals surface area contributed by atoms with Gasteiger partial charge in [-0.2, -0.15) is 9.67 Å². The highest BCUT2D eigenvalue weighted by Gasteiger charge is 2.16. The summed E-state index contributed by atoms with van der Waals surface area (Å²) in [5.41, 5.74) is 3.37. The molecule has 0 saturated heterocycles. The van der Waals surface area contributed by atoms with Gasteiger partial charge < -0.3 is 10.2 Å². The molecule has 1 N–H and O–H groups in total. The molecule has 1 aromatic heterocycles. The number of rotatable bonds is 8. The predicted octanol–water partition coefficient (Wildman–Crippen LogP) is 4.89. The normalized spacial score (nSPS) is 10.9. The first-order valence-electron chi connectivity index (χ1n) is 10.9. The zero-order valence-corrected chi connectivity index (χ0v) is 19.3. The largest absolute Gasteiger partial charge is 0.378 e. The van der Waals surface area contributed by atoms with E-state index in [1.807, 2.05) is 73.6 Å². The van der Waals surface area contributed by atoms with Crippen LogP contribution in [0.5, 0.6) is 0 Å². The van der Waals surface area contributed by atoms with Gasteiger partial charge in [-0.15, -0.1) is 5.10 Å². The minimum atomic E-state index is -0.476. The molecule has 1 heterocycles. The third kappa shape index (κ3) is 5.77. The van der Waals surface area contributed by atoms with Gasteiger partial charge in [-0.25, -0.2) is 0 Å². The number of benzene rings is 3. The maximum atomic E-state index is 13.0. The van der Waals surface area contributed by atoms with Crippen molar-refractivity contribution in [3.05, 3.63) is 106 Å². The van der Waals surface area contributed by atoms with Crippen molar-refractivity contribution in [3.63, 3.8) is 0 Å². The van der Waals surface area contributed by atoms with E-state index in [4.69, 9.17) is 0 Å². The number of allylic oxidation sites excluding steroid dienone is 1. The predicted molar refractivity (Wildman–Crippen MR) is 136 cm³/mol. The first kappa shape index (κ1) is 23.4. The fourth-order valence-electron chi connectivity index (χ4n) is 3.36.